The van der Waals surface area contributed by atoms with E-state index in [9.17, 15) is 14.0 Å². The maximum absolute atomic E-state index is 13.2. The van der Waals surface area contributed by atoms with Gasteiger partial charge in [0, 0.05) is 35.3 Å². The first-order chi connectivity index (χ1) is 9.88. The Balaban J connectivity index is 2.58. The van der Waals surface area contributed by atoms with Gasteiger partial charge in [-0.1, -0.05) is 11.6 Å². The first-order valence-corrected chi connectivity index (χ1v) is 6.36. The highest BCUT2D eigenvalue weighted by Gasteiger charge is 2.07. The minimum Gasteiger partial charge on any atom is -0.478 e. The molecule has 1 aromatic heterocycles. The van der Waals surface area contributed by atoms with Gasteiger partial charge in [0.05, 0.1) is 5.02 Å². The monoisotopic (exact) mass is 307 g/mol. The molecule has 6 heteroatoms. The number of aryl methyl sites for hydroxylation is 1. The van der Waals surface area contributed by atoms with Gasteiger partial charge in [-0.05, 0) is 31.2 Å². The second kappa shape index (κ2) is 5.93. The van der Waals surface area contributed by atoms with Crippen molar-refractivity contribution >= 4 is 23.6 Å². The molecule has 0 amide bonds. The van der Waals surface area contributed by atoms with Gasteiger partial charge in [-0.2, -0.15) is 0 Å². The van der Waals surface area contributed by atoms with Gasteiger partial charge < -0.3 is 9.67 Å². The molecule has 0 atom stereocenters. The van der Waals surface area contributed by atoms with Crippen LogP contribution in [0.5, 0.6) is 0 Å². The number of carboxylic acids is 1. The van der Waals surface area contributed by atoms with E-state index in [2.05, 4.69) is 0 Å². The summed E-state index contributed by atoms with van der Waals surface area (Å²) in [4.78, 5) is 22.3. The van der Waals surface area contributed by atoms with E-state index in [0.29, 0.717) is 11.4 Å². The number of hydrogen-bond acceptors (Lipinski definition) is 2. The number of hydrogen-bond donors (Lipinski definition) is 1. The fourth-order valence-corrected chi connectivity index (χ4v) is 2.02. The normalized spacial score (nSPS) is 11.0. The topological polar surface area (TPSA) is 59.3 Å². The average molecular weight is 308 g/mol. The van der Waals surface area contributed by atoms with Crippen LogP contribution in [0.2, 0.25) is 5.02 Å². The van der Waals surface area contributed by atoms with Crippen LogP contribution < -0.4 is 5.43 Å². The fourth-order valence-electron chi connectivity index (χ4n) is 1.85. The lowest BCUT2D eigenvalue weighted by molar-refractivity contribution is -0.131. The number of halogens is 2. The van der Waals surface area contributed by atoms with Crippen molar-refractivity contribution in [1.29, 1.82) is 0 Å². The molecule has 0 saturated carbocycles. The van der Waals surface area contributed by atoms with Crippen molar-refractivity contribution in [2.24, 2.45) is 0 Å². The third-order valence-corrected chi connectivity index (χ3v) is 3.15. The molecular weight excluding hydrogens is 297 g/mol. The standard InChI is InChI=1S/C15H11ClFNO3/c1-9-6-14(19)10(2-5-15(20)21)8-18(9)11-3-4-13(17)12(16)7-11/h2-8H,1H3,(H,20,21)/b5-2+. The molecule has 2 aromatic rings. The van der Waals surface area contributed by atoms with Crippen molar-refractivity contribution in [1.82, 2.24) is 4.57 Å². The number of carboxylic acid groups (broad SMARTS) is 1. The molecule has 2 rings (SSSR count). The Hall–Kier alpha value is -2.40. The summed E-state index contributed by atoms with van der Waals surface area (Å²) in [7, 11) is 0. The zero-order chi connectivity index (χ0) is 15.6. The molecule has 21 heavy (non-hydrogen) atoms. The summed E-state index contributed by atoms with van der Waals surface area (Å²) in [6, 6.07) is 5.54. The van der Waals surface area contributed by atoms with Crippen LogP contribution in [0.4, 0.5) is 4.39 Å². The zero-order valence-corrected chi connectivity index (χ0v) is 11.8. The molecule has 1 N–H and O–H groups in total. The number of nitrogens with zero attached hydrogens (tertiary/aromatic N) is 1. The Kier molecular flexibility index (Phi) is 4.23. The molecular formula is C15H11ClFNO3. The SMILES string of the molecule is Cc1cc(=O)c(/C=C/C(=O)O)cn1-c1ccc(F)c(Cl)c1. The van der Waals surface area contributed by atoms with Crippen molar-refractivity contribution in [2.75, 3.05) is 0 Å². The minimum absolute atomic E-state index is 0.0340. The van der Waals surface area contributed by atoms with Gasteiger partial charge in [-0.25, -0.2) is 9.18 Å². The summed E-state index contributed by atoms with van der Waals surface area (Å²) < 4.78 is 14.8. The predicted molar refractivity (Wildman–Crippen MR) is 78.4 cm³/mol. The molecule has 0 aliphatic rings. The number of aromatic nitrogens is 1. The van der Waals surface area contributed by atoms with Gasteiger partial charge in [0.15, 0.2) is 5.43 Å². The Morgan fingerprint density at radius 3 is 2.71 bits per heavy atom. The van der Waals surface area contributed by atoms with Crippen LogP contribution in [0.1, 0.15) is 11.3 Å². The summed E-state index contributed by atoms with van der Waals surface area (Å²) in [5.74, 6) is -1.68. The summed E-state index contributed by atoms with van der Waals surface area (Å²) in [5.41, 5.74) is 1.11. The van der Waals surface area contributed by atoms with Gasteiger partial charge in [0.25, 0.3) is 0 Å². The van der Waals surface area contributed by atoms with Gasteiger partial charge in [0.1, 0.15) is 5.82 Å². The van der Waals surface area contributed by atoms with E-state index in [-0.39, 0.29) is 16.0 Å². The van der Waals surface area contributed by atoms with Crippen molar-refractivity contribution in [2.45, 2.75) is 6.92 Å². The summed E-state index contributed by atoms with van der Waals surface area (Å²) >= 11 is 5.75. The van der Waals surface area contributed by atoms with Crippen LogP contribution in [0.25, 0.3) is 11.8 Å². The fraction of sp³-hybridized carbons (Fsp3) is 0.0667. The molecule has 0 aliphatic heterocycles. The van der Waals surface area contributed by atoms with Gasteiger partial charge in [0.2, 0.25) is 0 Å². The Labute approximate surface area is 124 Å². The largest absolute Gasteiger partial charge is 0.478 e. The first kappa shape index (κ1) is 15.0. The second-order valence-corrected chi connectivity index (χ2v) is 4.78. The Morgan fingerprint density at radius 1 is 1.38 bits per heavy atom. The van der Waals surface area contributed by atoms with E-state index in [1.165, 1.54) is 36.5 Å². The lowest BCUT2D eigenvalue weighted by Crippen LogP contribution is -2.11. The maximum atomic E-state index is 13.2. The highest BCUT2D eigenvalue weighted by atomic mass is 35.5. The third kappa shape index (κ3) is 3.38. The molecule has 0 radical (unpaired) electrons. The highest BCUT2D eigenvalue weighted by molar-refractivity contribution is 6.30. The van der Waals surface area contributed by atoms with Crippen LogP contribution >= 0.6 is 11.6 Å². The summed E-state index contributed by atoms with van der Waals surface area (Å²) in [6.07, 6.45) is 3.58. The average Bonchev–Trinajstić information content (AvgIpc) is 2.41. The second-order valence-electron chi connectivity index (χ2n) is 4.37. The number of benzene rings is 1. The van der Waals surface area contributed by atoms with Crippen molar-refractivity contribution in [3.05, 3.63) is 68.9 Å². The van der Waals surface area contributed by atoms with Crippen molar-refractivity contribution in [3.63, 3.8) is 0 Å². The lowest BCUT2D eigenvalue weighted by Gasteiger charge is -2.12. The van der Waals surface area contributed by atoms with Crippen LogP contribution in [0.3, 0.4) is 0 Å². The van der Waals surface area contributed by atoms with Crippen molar-refractivity contribution in [3.8, 4) is 5.69 Å². The molecule has 0 unspecified atom stereocenters. The number of carbonyl (C=O) groups is 1. The molecule has 4 nitrogen and oxygen atoms in total. The predicted octanol–water partition coefficient (Wildman–Crippen LogP) is 3.04. The van der Waals surface area contributed by atoms with E-state index >= 15 is 0 Å². The molecule has 108 valence electrons. The van der Waals surface area contributed by atoms with Gasteiger partial charge >= 0.3 is 5.97 Å². The molecule has 0 bridgehead atoms. The van der Waals surface area contributed by atoms with E-state index in [4.69, 9.17) is 16.7 Å². The first-order valence-electron chi connectivity index (χ1n) is 5.98. The Morgan fingerprint density at radius 2 is 2.10 bits per heavy atom. The molecule has 0 spiro atoms. The van der Waals surface area contributed by atoms with Gasteiger partial charge in [-0.3, -0.25) is 4.79 Å². The van der Waals surface area contributed by atoms with Crippen LogP contribution in [0, 0.1) is 12.7 Å². The van der Waals surface area contributed by atoms with Crippen LogP contribution in [0.15, 0.2) is 41.3 Å². The van der Waals surface area contributed by atoms with Crippen LogP contribution in [-0.4, -0.2) is 15.6 Å². The number of aliphatic carboxylic acids is 1. The van der Waals surface area contributed by atoms with E-state index < -0.39 is 11.8 Å². The zero-order valence-electron chi connectivity index (χ0n) is 11.0. The lowest BCUT2D eigenvalue weighted by atomic mass is 10.2. The van der Waals surface area contributed by atoms with Gasteiger partial charge in [-0.15, -0.1) is 0 Å². The van der Waals surface area contributed by atoms with Crippen molar-refractivity contribution < 1.29 is 14.3 Å². The molecule has 1 heterocycles. The summed E-state index contributed by atoms with van der Waals surface area (Å²) in [6.45, 7) is 1.71. The molecule has 0 saturated heterocycles. The molecule has 1 aromatic carbocycles. The number of pyridine rings is 1. The smallest absolute Gasteiger partial charge is 0.328 e. The minimum atomic E-state index is -1.15. The molecule has 0 fully saturated rings. The number of rotatable bonds is 3. The van der Waals surface area contributed by atoms with E-state index in [0.717, 1.165) is 6.08 Å². The quantitative estimate of drug-likeness (QED) is 0.887. The third-order valence-electron chi connectivity index (χ3n) is 2.86. The highest BCUT2D eigenvalue weighted by Crippen LogP contribution is 2.20. The Bertz CT molecular complexity index is 796. The maximum Gasteiger partial charge on any atom is 0.328 e. The van der Waals surface area contributed by atoms with E-state index in [1.54, 1.807) is 11.5 Å². The summed E-state index contributed by atoms with van der Waals surface area (Å²) in [5, 5.41) is 8.58. The van der Waals surface area contributed by atoms with Crippen LogP contribution in [-0.2, 0) is 4.79 Å². The molecule has 0 aliphatic carbocycles. The van der Waals surface area contributed by atoms with E-state index in [1.807, 2.05) is 0 Å².